The van der Waals surface area contributed by atoms with E-state index in [1.54, 1.807) is 17.4 Å². The number of anilines is 1. The number of carbonyl (C=O) groups is 1. The molecular formula is C10H10N4O2S. The Balaban J connectivity index is 1.97. The molecule has 0 fully saturated rings. The van der Waals surface area contributed by atoms with Crippen LogP contribution in [0.15, 0.2) is 17.5 Å². The first-order valence-corrected chi connectivity index (χ1v) is 5.75. The van der Waals surface area contributed by atoms with Gasteiger partial charge in [0.25, 0.3) is 0 Å². The lowest BCUT2D eigenvalue weighted by Gasteiger charge is -2.02. The molecule has 2 aromatic heterocycles. The number of hydrogen-bond donors (Lipinski definition) is 2. The number of nitrogens with one attached hydrogen (secondary N) is 1. The molecule has 0 unspecified atom stereocenters. The van der Waals surface area contributed by atoms with Crippen molar-refractivity contribution in [1.29, 1.82) is 0 Å². The van der Waals surface area contributed by atoms with Crippen molar-refractivity contribution < 1.29 is 9.90 Å². The minimum absolute atomic E-state index is 0.0694. The SMILES string of the molecule is Cc1nc(CNc2ccc(C(=O)O)nn2)cs1. The summed E-state index contributed by atoms with van der Waals surface area (Å²) in [5.74, 6) is -0.556. The smallest absolute Gasteiger partial charge is 0.356 e. The monoisotopic (exact) mass is 250 g/mol. The van der Waals surface area contributed by atoms with Crippen LogP contribution in [0.5, 0.6) is 0 Å². The zero-order chi connectivity index (χ0) is 12.3. The third-order valence-corrected chi connectivity index (χ3v) is 2.82. The maximum atomic E-state index is 10.6. The molecule has 88 valence electrons. The normalized spacial score (nSPS) is 10.2. The molecule has 2 heterocycles. The highest BCUT2D eigenvalue weighted by Crippen LogP contribution is 2.10. The van der Waals surface area contributed by atoms with Gasteiger partial charge in [0.1, 0.15) is 5.82 Å². The van der Waals surface area contributed by atoms with Crippen molar-refractivity contribution in [1.82, 2.24) is 15.2 Å². The highest BCUT2D eigenvalue weighted by Gasteiger charge is 2.05. The predicted molar refractivity (Wildman–Crippen MR) is 63.2 cm³/mol. The van der Waals surface area contributed by atoms with Gasteiger partial charge in [0.05, 0.1) is 17.2 Å². The lowest BCUT2D eigenvalue weighted by molar-refractivity contribution is 0.0689. The molecular weight excluding hydrogens is 240 g/mol. The summed E-state index contributed by atoms with van der Waals surface area (Å²) in [7, 11) is 0. The van der Waals surface area contributed by atoms with Gasteiger partial charge in [-0.2, -0.15) is 0 Å². The summed E-state index contributed by atoms with van der Waals surface area (Å²) in [6.07, 6.45) is 0. The van der Waals surface area contributed by atoms with Crippen LogP contribution in [0.1, 0.15) is 21.2 Å². The van der Waals surface area contributed by atoms with Gasteiger partial charge in [0.15, 0.2) is 5.69 Å². The van der Waals surface area contributed by atoms with Gasteiger partial charge in [0, 0.05) is 5.38 Å². The van der Waals surface area contributed by atoms with Crippen molar-refractivity contribution in [2.45, 2.75) is 13.5 Å². The van der Waals surface area contributed by atoms with E-state index in [1.807, 2.05) is 12.3 Å². The predicted octanol–water partition coefficient (Wildman–Crippen LogP) is 1.55. The summed E-state index contributed by atoms with van der Waals surface area (Å²) in [4.78, 5) is 14.8. The maximum absolute atomic E-state index is 10.6. The molecule has 0 saturated heterocycles. The Labute approximate surface area is 101 Å². The van der Waals surface area contributed by atoms with Gasteiger partial charge in [-0.25, -0.2) is 9.78 Å². The Bertz CT molecular complexity index is 523. The van der Waals surface area contributed by atoms with Crippen LogP contribution in [0, 0.1) is 6.92 Å². The molecule has 0 bridgehead atoms. The van der Waals surface area contributed by atoms with Crippen molar-refractivity contribution in [2.24, 2.45) is 0 Å². The van der Waals surface area contributed by atoms with E-state index in [0.29, 0.717) is 12.4 Å². The van der Waals surface area contributed by atoms with E-state index in [4.69, 9.17) is 5.11 Å². The minimum Gasteiger partial charge on any atom is -0.476 e. The second-order valence-corrected chi connectivity index (χ2v) is 4.38. The molecule has 0 aliphatic heterocycles. The summed E-state index contributed by atoms with van der Waals surface area (Å²) in [6, 6.07) is 2.99. The Morgan fingerprint density at radius 1 is 1.47 bits per heavy atom. The molecule has 2 aromatic rings. The third kappa shape index (κ3) is 2.97. The average Bonchev–Trinajstić information content (AvgIpc) is 2.73. The van der Waals surface area contributed by atoms with Crippen molar-refractivity contribution >= 4 is 23.1 Å². The summed E-state index contributed by atoms with van der Waals surface area (Å²) in [5, 5.41) is 22.0. The van der Waals surface area contributed by atoms with Crippen LogP contribution in [-0.4, -0.2) is 26.3 Å². The molecule has 17 heavy (non-hydrogen) atoms. The number of carboxylic acid groups (broad SMARTS) is 1. The molecule has 0 aliphatic carbocycles. The van der Waals surface area contributed by atoms with Gasteiger partial charge in [0.2, 0.25) is 0 Å². The number of nitrogens with zero attached hydrogens (tertiary/aromatic N) is 3. The zero-order valence-corrected chi connectivity index (χ0v) is 9.86. The van der Waals surface area contributed by atoms with E-state index in [1.165, 1.54) is 6.07 Å². The molecule has 0 spiro atoms. The van der Waals surface area contributed by atoms with Gasteiger partial charge in [-0.3, -0.25) is 0 Å². The largest absolute Gasteiger partial charge is 0.476 e. The first-order chi connectivity index (χ1) is 8.15. The van der Waals surface area contributed by atoms with Crippen molar-refractivity contribution in [2.75, 3.05) is 5.32 Å². The van der Waals surface area contributed by atoms with Crippen LogP contribution in [0.25, 0.3) is 0 Å². The van der Waals surface area contributed by atoms with Crippen molar-refractivity contribution in [3.05, 3.63) is 33.9 Å². The highest BCUT2D eigenvalue weighted by atomic mass is 32.1. The van der Waals surface area contributed by atoms with E-state index < -0.39 is 5.97 Å². The Hall–Kier alpha value is -2.02. The maximum Gasteiger partial charge on any atom is 0.356 e. The Morgan fingerprint density at radius 3 is 2.82 bits per heavy atom. The Morgan fingerprint density at radius 2 is 2.29 bits per heavy atom. The van der Waals surface area contributed by atoms with Crippen molar-refractivity contribution in [3.8, 4) is 0 Å². The van der Waals surface area contributed by atoms with Crippen molar-refractivity contribution in [3.63, 3.8) is 0 Å². The zero-order valence-electron chi connectivity index (χ0n) is 9.04. The van der Waals surface area contributed by atoms with Crippen LogP contribution < -0.4 is 5.32 Å². The second kappa shape index (κ2) is 4.88. The molecule has 7 heteroatoms. The number of hydrogen-bond acceptors (Lipinski definition) is 6. The number of rotatable bonds is 4. The molecule has 0 aliphatic rings. The molecule has 0 saturated carbocycles. The van der Waals surface area contributed by atoms with E-state index in [2.05, 4.69) is 20.5 Å². The summed E-state index contributed by atoms with van der Waals surface area (Å²) in [6.45, 7) is 2.49. The van der Waals surface area contributed by atoms with Crippen LogP contribution in [0.3, 0.4) is 0 Å². The fraction of sp³-hybridized carbons (Fsp3) is 0.200. The summed E-state index contributed by atoms with van der Waals surface area (Å²) < 4.78 is 0. The standard InChI is InChI=1S/C10H10N4O2S/c1-6-12-7(5-17-6)4-11-9-3-2-8(10(15)16)13-14-9/h2-3,5H,4H2,1H3,(H,11,14)(H,15,16). The number of aromatic nitrogens is 3. The number of carboxylic acids is 1. The molecule has 6 nitrogen and oxygen atoms in total. The molecule has 0 amide bonds. The van der Waals surface area contributed by atoms with E-state index in [0.717, 1.165) is 10.7 Å². The van der Waals surface area contributed by atoms with E-state index in [9.17, 15) is 4.79 Å². The third-order valence-electron chi connectivity index (χ3n) is 2.00. The fourth-order valence-electron chi connectivity index (χ4n) is 1.21. The summed E-state index contributed by atoms with van der Waals surface area (Å²) >= 11 is 1.58. The van der Waals surface area contributed by atoms with Gasteiger partial charge in [-0.1, -0.05) is 0 Å². The lowest BCUT2D eigenvalue weighted by Crippen LogP contribution is -2.06. The van der Waals surface area contributed by atoms with Gasteiger partial charge in [-0.15, -0.1) is 21.5 Å². The number of aromatic carboxylic acids is 1. The van der Waals surface area contributed by atoms with Gasteiger partial charge >= 0.3 is 5.97 Å². The lowest BCUT2D eigenvalue weighted by atomic mass is 10.4. The average molecular weight is 250 g/mol. The quantitative estimate of drug-likeness (QED) is 0.856. The van der Waals surface area contributed by atoms with Gasteiger partial charge < -0.3 is 10.4 Å². The second-order valence-electron chi connectivity index (χ2n) is 3.32. The van der Waals surface area contributed by atoms with Crippen LogP contribution in [0.2, 0.25) is 0 Å². The van der Waals surface area contributed by atoms with E-state index in [-0.39, 0.29) is 5.69 Å². The number of thiazole rings is 1. The molecule has 2 rings (SSSR count). The van der Waals surface area contributed by atoms with Crippen LogP contribution in [0.4, 0.5) is 5.82 Å². The first kappa shape index (κ1) is 11.5. The molecule has 0 aromatic carbocycles. The molecule has 2 N–H and O–H groups in total. The number of aryl methyl sites for hydroxylation is 1. The van der Waals surface area contributed by atoms with Crippen LogP contribution >= 0.6 is 11.3 Å². The van der Waals surface area contributed by atoms with E-state index >= 15 is 0 Å². The molecule has 0 atom stereocenters. The first-order valence-electron chi connectivity index (χ1n) is 4.87. The highest BCUT2D eigenvalue weighted by molar-refractivity contribution is 7.09. The van der Waals surface area contributed by atoms with Crippen LogP contribution in [-0.2, 0) is 6.54 Å². The summed E-state index contributed by atoms with van der Waals surface area (Å²) in [5.41, 5.74) is 0.858. The van der Waals surface area contributed by atoms with Gasteiger partial charge in [-0.05, 0) is 19.1 Å². The molecule has 0 radical (unpaired) electrons. The Kier molecular flexibility index (Phi) is 3.29. The minimum atomic E-state index is -1.08. The topological polar surface area (TPSA) is 88.0 Å². The fourth-order valence-corrected chi connectivity index (χ4v) is 1.82.